The van der Waals surface area contributed by atoms with Crippen LogP contribution in [0.3, 0.4) is 0 Å². The van der Waals surface area contributed by atoms with Gasteiger partial charge in [-0.25, -0.2) is 0 Å². The van der Waals surface area contributed by atoms with Crippen LogP contribution in [0.15, 0.2) is 29.3 Å². The van der Waals surface area contributed by atoms with Crippen LogP contribution in [0.5, 0.6) is 0 Å². The molecule has 0 unspecified atom stereocenters. The number of nitrogens with zero attached hydrogens (tertiary/aromatic N) is 1. The third-order valence-electron chi connectivity index (χ3n) is 3.29. The molecule has 2 N–H and O–H groups in total. The standard InChI is InChI=1S/C16H22F3N3O2.HI/c1-20-15(21-10-4-3-5-14(23)24-2)22-11-12-6-8-13(9-7-12)16(17,18)19;/h6-9H,3-5,10-11H2,1-2H3,(H2,20,21,22);1H. The average molecular weight is 473 g/mol. The molecule has 0 saturated carbocycles. The van der Waals surface area contributed by atoms with Crippen LogP contribution in [0.2, 0.25) is 0 Å². The summed E-state index contributed by atoms with van der Waals surface area (Å²) in [6, 6.07) is 4.97. The van der Waals surface area contributed by atoms with Crippen molar-refractivity contribution in [1.29, 1.82) is 0 Å². The van der Waals surface area contributed by atoms with Gasteiger partial charge in [-0.3, -0.25) is 9.79 Å². The lowest BCUT2D eigenvalue weighted by Gasteiger charge is -2.12. The molecule has 5 nitrogen and oxygen atoms in total. The van der Waals surface area contributed by atoms with Crippen LogP contribution in [-0.4, -0.2) is 32.6 Å². The number of methoxy groups -OCH3 is 1. The second kappa shape index (κ2) is 11.9. The highest BCUT2D eigenvalue weighted by atomic mass is 127. The molecule has 0 saturated heterocycles. The zero-order chi connectivity index (χ0) is 18.0. The zero-order valence-corrected chi connectivity index (χ0v) is 16.5. The summed E-state index contributed by atoms with van der Waals surface area (Å²) in [7, 11) is 2.96. The Morgan fingerprint density at radius 2 is 1.80 bits per heavy atom. The van der Waals surface area contributed by atoms with Gasteiger partial charge >= 0.3 is 12.1 Å². The van der Waals surface area contributed by atoms with Crippen molar-refractivity contribution >= 4 is 35.9 Å². The SMILES string of the molecule is CN=C(NCCCCC(=O)OC)NCc1ccc(C(F)(F)F)cc1.I. The molecule has 142 valence electrons. The summed E-state index contributed by atoms with van der Waals surface area (Å²) in [4.78, 5) is 15.0. The topological polar surface area (TPSA) is 62.7 Å². The normalized spacial score (nSPS) is 11.5. The molecule has 0 aliphatic heterocycles. The van der Waals surface area contributed by atoms with E-state index in [1.54, 1.807) is 7.05 Å². The lowest BCUT2D eigenvalue weighted by Crippen LogP contribution is -2.37. The zero-order valence-electron chi connectivity index (χ0n) is 14.2. The Morgan fingerprint density at radius 1 is 1.16 bits per heavy atom. The number of halogens is 4. The molecule has 0 spiro atoms. The van der Waals surface area contributed by atoms with Crippen molar-refractivity contribution in [3.05, 3.63) is 35.4 Å². The molecule has 1 aromatic carbocycles. The van der Waals surface area contributed by atoms with E-state index in [1.807, 2.05) is 0 Å². The minimum Gasteiger partial charge on any atom is -0.469 e. The predicted molar refractivity (Wildman–Crippen MR) is 101 cm³/mol. The van der Waals surface area contributed by atoms with Crippen molar-refractivity contribution < 1.29 is 22.7 Å². The fraction of sp³-hybridized carbons (Fsp3) is 0.500. The molecule has 0 heterocycles. The van der Waals surface area contributed by atoms with Gasteiger partial charge in [-0.1, -0.05) is 12.1 Å². The molecule has 0 fully saturated rings. The smallest absolute Gasteiger partial charge is 0.416 e. The number of benzene rings is 1. The molecule has 0 aliphatic carbocycles. The van der Waals surface area contributed by atoms with Gasteiger partial charge < -0.3 is 15.4 Å². The largest absolute Gasteiger partial charge is 0.469 e. The average Bonchev–Trinajstić information content (AvgIpc) is 2.56. The summed E-state index contributed by atoms with van der Waals surface area (Å²) >= 11 is 0. The number of esters is 1. The number of guanidine groups is 1. The van der Waals surface area contributed by atoms with E-state index in [9.17, 15) is 18.0 Å². The first-order chi connectivity index (χ1) is 11.4. The number of rotatable bonds is 7. The first-order valence-electron chi connectivity index (χ1n) is 7.54. The van der Waals surface area contributed by atoms with E-state index >= 15 is 0 Å². The molecule has 0 aromatic heterocycles. The number of carbonyl (C=O) groups excluding carboxylic acids is 1. The van der Waals surface area contributed by atoms with Crippen LogP contribution in [-0.2, 0) is 22.3 Å². The predicted octanol–water partition coefficient (Wildman–Crippen LogP) is 3.33. The number of hydrogen-bond donors (Lipinski definition) is 2. The summed E-state index contributed by atoms with van der Waals surface area (Å²) in [5.41, 5.74) is 0.0519. The maximum absolute atomic E-state index is 12.5. The number of alkyl halides is 3. The van der Waals surface area contributed by atoms with Crippen LogP contribution >= 0.6 is 24.0 Å². The monoisotopic (exact) mass is 473 g/mol. The number of hydrogen-bond acceptors (Lipinski definition) is 3. The quantitative estimate of drug-likeness (QED) is 0.210. The molecule has 0 bridgehead atoms. The summed E-state index contributed by atoms with van der Waals surface area (Å²) < 4.78 is 42.0. The summed E-state index contributed by atoms with van der Waals surface area (Å²) in [5, 5.41) is 6.09. The van der Waals surface area contributed by atoms with Crippen LogP contribution in [0.25, 0.3) is 0 Å². The van der Waals surface area contributed by atoms with Gasteiger partial charge in [0.05, 0.1) is 12.7 Å². The second-order valence-electron chi connectivity index (χ2n) is 5.08. The molecule has 25 heavy (non-hydrogen) atoms. The second-order valence-corrected chi connectivity index (χ2v) is 5.08. The molecule has 1 rings (SSSR count). The molecular weight excluding hydrogens is 450 g/mol. The number of nitrogens with one attached hydrogen (secondary N) is 2. The van der Waals surface area contributed by atoms with Crippen LogP contribution in [0.1, 0.15) is 30.4 Å². The van der Waals surface area contributed by atoms with Gasteiger partial charge in [-0.05, 0) is 30.5 Å². The van der Waals surface area contributed by atoms with E-state index in [1.165, 1.54) is 19.2 Å². The molecule has 1 aromatic rings. The van der Waals surface area contributed by atoms with E-state index in [-0.39, 0.29) is 29.9 Å². The van der Waals surface area contributed by atoms with Crippen LogP contribution in [0.4, 0.5) is 13.2 Å². The lowest BCUT2D eigenvalue weighted by molar-refractivity contribution is -0.140. The summed E-state index contributed by atoms with van der Waals surface area (Å²) in [6.45, 7) is 0.990. The van der Waals surface area contributed by atoms with Crippen molar-refractivity contribution in [1.82, 2.24) is 10.6 Å². The maximum atomic E-state index is 12.5. The molecule has 0 atom stereocenters. The number of aliphatic imine (C=N–C) groups is 1. The maximum Gasteiger partial charge on any atom is 0.416 e. The van der Waals surface area contributed by atoms with Crippen molar-refractivity contribution in [2.75, 3.05) is 20.7 Å². The Kier molecular flexibility index (Phi) is 11.2. The van der Waals surface area contributed by atoms with Crippen molar-refractivity contribution in [2.45, 2.75) is 32.0 Å². The fourth-order valence-electron chi connectivity index (χ4n) is 1.92. The first kappa shape index (κ1) is 23.5. The van der Waals surface area contributed by atoms with Gasteiger partial charge in [0.25, 0.3) is 0 Å². The van der Waals surface area contributed by atoms with Crippen molar-refractivity contribution in [3.63, 3.8) is 0 Å². The van der Waals surface area contributed by atoms with Crippen LogP contribution < -0.4 is 10.6 Å². The molecule has 0 amide bonds. The number of ether oxygens (including phenoxy) is 1. The highest BCUT2D eigenvalue weighted by molar-refractivity contribution is 14.0. The lowest BCUT2D eigenvalue weighted by atomic mass is 10.1. The summed E-state index contributed by atoms with van der Waals surface area (Å²) in [5.74, 6) is 0.313. The summed E-state index contributed by atoms with van der Waals surface area (Å²) in [6.07, 6.45) is -2.48. The van der Waals surface area contributed by atoms with Gasteiger partial charge in [-0.15, -0.1) is 24.0 Å². The van der Waals surface area contributed by atoms with Gasteiger partial charge in [0, 0.05) is 26.6 Å². The Labute approximate surface area is 162 Å². The number of carbonyl (C=O) groups is 1. The van der Waals surface area contributed by atoms with E-state index < -0.39 is 11.7 Å². The van der Waals surface area contributed by atoms with Crippen molar-refractivity contribution in [3.8, 4) is 0 Å². The molecular formula is C16H23F3IN3O2. The van der Waals surface area contributed by atoms with E-state index in [0.29, 0.717) is 31.9 Å². The third kappa shape index (κ3) is 9.51. The van der Waals surface area contributed by atoms with Gasteiger partial charge in [0.1, 0.15) is 0 Å². The van der Waals surface area contributed by atoms with E-state index in [0.717, 1.165) is 24.1 Å². The highest BCUT2D eigenvalue weighted by Crippen LogP contribution is 2.28. The molecule has 9 heteroatoms. The third-order valence-corrected chi connectivity index (χ3v) is 3.29. The minimum atomic E-state index is -4.33. The Balaban J connectivity index is 0.00000576. The Morgan fingerprint density at radius 3 is 2.32 bits per heavy atom. The first-order valence-corrected chi connectivity index (χ1v) is 7.54. The number of unbranched alkanes of at least 4 members (excludes halogenated alkanes) is 1. The van der Waals surface area contributed by atoms with Gasteiger partial charge in [0.15, 0.2) is 5.96 Å². The Bertz CT molecular complexity index is 549. The molecule has 0 aliphatic rings. The van der Waals surface area contributed by atoms with Crippen LogP contribution in [0, 0.1) is 0 Å². The van der Waals surface area contributed by atoms with Gasteiger partial charge in [-0.2, -0.15) is 13.2 Å². The fourth-order valence-corrected chi connectivity index (χ4v) is 1.92. The van der Waals surface area contributed by atoms with E-state index in [4.69, 9.17) is 0 Å². The Hall–Kier alpha value is -1.52. The van der Waals surface area contributed by atoms with Gasteiger partial charge in [0.2, 0.25) is 0 Å². The van der Waals surface area contributed by atoms with E-state index in [2.05, 4.69) is 20.4 Å². The molecule has 0 radical (unpaired) electrons. The highest BCUT2D eigenvalue weighted by Gasteiger charge is 2.29. The van der Waals surface area contributed by atoms with Crippen molar-refractivity contribution in [2.24, 2.45) is 4.99 Å². The minimum absolute atomic E-state index is 0.